The highest BCUT2D eigenvalue weighted by atomic mass is 35.5. The Morgan fingerprint density at radius 1 is 0.867 bits per heavy atom. The maximum atomic E-state index is 12.8. The minimum absolute atomic E-state index is 0.0382. The minimum atomic E-state index is -0.136. The first-order valence-electron chi connectivity index (χ1n) is 9.69. The van der Waals surface area contributed by atoms with Crippen molar-refractivity contribution in [1.29, 1.82) is 0 Å². The summed E-state index contributed by atoms with van der Waals surface area (Å²) in [4.78, 5) is 36.0. The first-order chi connectivity index (χ1) is 14.5. The summed E-state index contributed by atoms with van der Waals surface area (Å²) in [5, 5.41) is 0.795. The number of halogens is 2. The smallest absolute Gasteiger partial charge is 0.256 e. The van der Waals surface area contributed by atoms with Crippen molar-refractivity contribution < 1.29 is 9.59 Å². The fourth-order valence-corrected chi connectivity index (χ4v) is 3.89. The number of aromatic nitrogens is 2. The van der Waals surface area contributed by atoms with Gasteiger partial charge in [0.2, 0.25) is 0 Å². The molecule has 1 fully saturated rings. The molecule has 1 aliphatic heterocycles. The summed E-state index contributed by atoms with van der Waals surface area (Å²) in [6.07, 6.45) is 4.33. The molecule has 1 aliphatic rings. The quantitative estimate of drug-likeness (QED) is 0.524. The van der Waals surface area contributed by atoms with Crippen molar-refractivity contribution in [1.82, 2.24) is 14.9 Å². The van der Waals surface area contributed by atoms with Gasteiger partial charge in [0.15, 0.2) is 11.6 Å². The van der Waals surface area contributed by atoms with Crippen LogP contribution in [0.25, 0.3) is 11.4 Å². The summed E-state index contributed by atoms with van der Waals surface area (Å²) >= 11 is 12.0. The van der Waals surface area contributed by atoms with Crippen molar-refractivity contribution >= 4 is 34.9 Å². The van der Waals surface area contributed by atoms with Gasteiger partial charge in [0, 0.05) is 42.5 Å². The average molecular weight is 440 g/mol. The fraction of sp³-hybridized carbons (Fsp3) is 0.217. The first kappa shape index (κ1) is 20.5. The second-order valence-electron chi connectivity index (χ2n) is 7.22. The number of ketones is 1. The molecule has 0 atom stereocenters. The van der Waals surface area contributed by atoms with Crippen LogP contribution in [0.5, 0.6) is 0 Å². The molecule has 0 aliphatic carbocycles. The van der Waals surface area contributed by atoms with E-state index in [-0.39, 0.29) is 17.6 Å². The van der Waals surface area contributed by atoms with Crippen LogP contribution in [-0.4, -0.2) is 39.6 Å². The molecule has 0 saturated carbocycles. The van der Waals surface area contributed by atoms with Gasteiger partial charge in [0.05, 0.1) is 15.6 Å². The summed E-state index contributed by atoms with van der Waals surface area (Å²) in [6.45, 7) is 1.02. The van der Waals surface area contributed by atoms with E-state index in [0.717, 1.165) is 5.56 Å². The first-order valence-corrected chi connectivity index (χ1v) is 10.4. The Hall–Kier alpha value is -2.76. The van der Waals surface area contributed by atoms with Crippen LogP contribution in [0.2, 0.25) is 10.0 Å². The molecule has 0 bridgehead atoms. The Morgan fingerprint density at radius 2 is 1.53 bits per heavy atom. The summed E-state index contributed by atoms with van der Waals surface area (Å²) in [5.41, 5.74) is 1.90. The molecule has 0 radical (unpaired) electrons. The predicted octanol–water partition coefficient (Wildman–Crippen LogP) is 5.19. The van der Waals surface area contributed by atoms with Gasteiger partial charge < -0.3 is 4.90 Å². The highest BCUT2D eigenvalue weighted by Crippen LogP contribution is 2.27. The summed E-state index contributed by atoms with van der Waals surface area (Å²) in [7, 11) is 0. The lowest BCUT2D eigenvalue weighted by atomic mass is 9.88. The maximum Gasteiger partial charge on any atom is 0.256 e. The van der Waals surface area contributed by atoms with E-state index in [4.69, 9.17) is 23.2 Å². The molecule has 0 N–H and O–H groups in total. The second-order valence-corrected chi connectivity index (χ2v) is 8.04. The van der Waals surface area contributed by atoms with Crippen LogP contribution >= 0.6 is 23.2 Å². The van der Waals surface area contributed by atoms with E-state index >= 15 is 0 Å². The number of piperidine rings is 1. The zero-order chi connectivity index (χ0) is 21.1. The Balaban J connectivity index is 1.38. The SMILES string of the molecule is O=C(c1ccc(Cl)c(Cl)c1)C1CCN(C(=O)c2cnc(-c3ccccc3)nc2)CC1. The molecule has 4 rings (SSSR count). The van der Waals surface area contributed by atoms with Gasteiger partial charge >= 0.3 is 0 Å². The molecule has 1 saturated heterocycles. The summed E-state index contributed by atoms with van der Waals surface area (Å²) in [5.74, 6) is 0.368. The third kappa shape index (κ3) is 4.37. The molecule has 1 aromatic heterocycles. The van der Waals surface area contributed by atoms with Crippen molar-refractivity contribution in [2.45, 2.75) is 12.8 Å². The van der Waals surface area contributed by atoms with Gasteiger partial charge in [-0.2, -0.15) is 0 Å². The van der Waals surface area contributed by atoms with Crippen LogP contribution in [0.15, 0.2) is 60.9 Å². The Kier molecular flexibility index (Phi) is 6.11. The Morgan fingerprint density at radius 3 is 2.17 bits per heavy atom. The van der Waals surface area contributed by atoms with Gasteiger partial charge in [-0.15, -0.1) is 0 Å². The third-order valence-electron chi connectivity index (χ3n) is 5.29. The van der Waals surface area contributed by atoms with Gasteiger partial charge in [-0.25, -0.2) is 9.97 Å². The molecule has 3 aromatic rings. The van der Waals surface area contributed by atoms with Crippen molar-refractivity contribution in [2.24, 2.45) is 5.92 Å². The monoisotopic (exact) mass is 439 g/mol. The van der Waals surface area contributed by atoms with E-state index in [9.17, 15) is 9.59 Å². The normalized spacial score (nSPS) is 14.5. The lowest BCUT2D eigenvalue weighted by Gasteiger charge is -2.31. The zero-order valence-corrected chi connectivity index (χ0v) is 17.6. The molecular formula is C23H19Cl2N3O2. The molecule has 0 spiro atoms. The van der Waals surface area contributed by atoms with Gasteiger partial charge in [0.25, 0.3) is 5.91 Å². The van der Waals surface area contributed by atoms with Crippen LogP contribution in [0.1, 0.15) is 33.6 Å². The van der Waals surface area contributed by atoms with E-state index in [1.807, 2.05) is 30.3 Å². The molecule has 152 valence electrons. The number of hydrogen-bond acceptors (Lipinski definition) is 4. The van der Waals surface area contributed by atoms with Crippen molar-refractivity contribution in [3.8, 4) is 11.4 Å². The van der Waals surface area contributed by atoms with E-state index < -0.39 is 0 Å². The lowest BCUT2D eigenvalue weighted by Crippen LogP contribution is -2.40. The number of benzene rings is 2. The maximum absolute atomic E-state index is 12.8. The molecule has 5 nitrogen and oxygen atoms in total. The number of rotatable bonds is 4. The van der Waals surface area contributed by atoms with Crippen LogP contribution in [0, 0.1) is 5.92 Å². The Labute approximate surface area is 184 Å². The topological polar surface area (TPSA) is 63.2 Å². The van der Waals surface area contributed by atoms with Crippen LogP contribution in [-0.2, 0) is 0 Å². The standard InChI is InChI=1S/C23H19Cl2N3O2/c24-19-7-6-17(12-20(19)25)21(29)15-8-10-28(11-9-15)23(30)18-13-26-22(27-14-18)16-4-2-1-3-5-16/h1-7,12-15H,8-11H2. The summed E-state index contributed by atoms with van der Waals surface area (Å²) < 4.78 is 0. The molecule has 30 heavy (non-hydrogen) atoms. The van der Waals surface area contributed by atoms with Crippen LogP contribution in [0.4, 0.5) is 0 Å². The minimum Gasteiger partial charge on any atom is -0.339 e. The predicted molar refractivity (Wildman–Crippen MR) is 117 cm³/mol. The van der Waals surface area contributed by atoms with Gasteiger partial charge in [-0.1, -0.05) is 53.5 Å². The largest absolute Gasteiger partial charge is 0.339 e. The van der Waals surface area contributed by atoms with Crippen LogP contribution < -0.4 is 0 Å². The molecular weight excluding hydrogens is 421 g/mol. The van der Waals surface area contributed by atoms with Gasteiger partial charge in [0.1, 0.15) is 0 Å². The van der Waals surface area contributed by atoms with Crippen LogP contribution in [0.3, 0.4) is 0 Å². The van der Waals surface area contributed by atoms with Crippen molar-refractivity contribution in [3.05, 3.63) is 82.1 Å². The zero-order valence-electron chi connectivity index (χ0n) is 16.1. The number of Topliss-reactive ketones (excluding diaryl/α,β-unsaturated/α-hetero) is 1. The highest BCUT2D eigenvalue weighted by molar-refractivity contribution is 6.42. The molecule has 2 aromatic carbocycles. The molecule has 2 heterocycles. The number of hydrogen-bond donors (Lipinski definition) is 0. The summed E-state index contributed by atoms with van der Waals surface area (Å²) in [6, 6.07) is 14.5. The van der Waals surface area contributed by atoms with E-state index in [2.05, 4.69) is 9.97 Å². The number of nitrogens with zero attached hydrogens (tertiary/aromatic N) is 3. The van der Waals surface area contributed by atoms with E-state index in [0.29, 0.717) is 52.9 Å². The second kappa shape index (κ2) is 8.94. The average Bonchev–Trinajstić information content (AvgIpc) is 2.81. The molecule has 7 heteroatoms. The number of amides is 1. The third-order valence-corrected chi connectivity index (χ3v) is 6.03. The Bertz CT molecular complexity index is 1060. The van der Waals surface area contributed by atoms with E-state index in [1.165, 1.54) is 0 Å². The molecule has 0 unspecified atom stereocenters. The number of carbonyl (C=O) groups is 2. The fourth-order valence-electron chi connectivity index (χ4n) is 3.59. The highest BCUT2D eigenvalue weighted by Gasteiger charge is 2.29. The van der Waals surface area contributed by atoms with Crippen molar-refractivity contribution in [3.63, 3.8) is 0 Å². The van der Waals surface area contributed by atoms with E-state index in [1.54, 1.807) is 35.5 Å². The number of carbonyl (C=O) groups excluding carboxylic acids is 2. The van der Waals surface area contributed by atoms with Crippen molar-refractivity contribution in [2.75, 3.05) is 13.1 Å². The van der Waals surface area contributed by atoms with Gasteiger partial charge in [-0.05, 0) is 31.0 Å². The van der Waals surface area contributed by atoms with Gasteiger partial charge in [-0.3, -0.25) is 9.59 Å². The lowest BCUT2D eigenvalue weighted by molar-refractivity contribution is 0.0649. The number of likely N-dealkylation sites (tertiary alicyclic amines) is 1. The molecule has 1 amide bonds.